The van der Waals surface area contributed by atoms with E-state index in [-0.39, 0.29) is 5.97 Å². The summed E-state index contributed by atoms with van der Waals surface area (Å²) in [7, 11) is 3.09. The number of carbonyl (C=O) groups is 1. The Hall–Kier alpha value is -1.33. The summed E-state index contributed by atoms with van der Waals surface area (Å²) in [5.41, 5.74) is 0.452. The van der Waals surface area contributed by atoms with E-state index in [9.17, 15) is 4.79 Å². The van der Waals surface area contributed by atoms with E-state index < -0.39 is 0 Å². The molecule has 0 unspecified atom stereocenters. The van der Waals surface area contributed by atoms with Crippen LogP contribution in [0.15, 0.2) is 16.7 Å². The van der Waals surface area contributed by atoms with Crippen LogP contribution in [0.5, 0.6) is 0 Å². The molecule has 94 valence electrons. The molecule has 0 saturated heterocycles. The number of hydrogen-bond donors (Lipinski definition) is 1. The van der Waals surface area contributed by atoms with Gasteiger partial charge < -0.3 is 19.2 Å². The monoisotopic (exact) mass is 239 g/mol. The minimum Gasteiger partial charge on any atom is -0.467 e. The fraction of sp³-hybridized carbons (Fsp3) is 0.583. The molecule has 0 radical (unpaired) electrons. The lowest BCUT2D eigenvalue weighted by molar-refractivity contribution is 0.0165. The average Bonchev–Trinajstić information content (AvgIpc) is 2.75. The molecule has 0 spiro atoms. The summed E-state index contributed by atoms with van der Waals surface area (Å²) in [5, 5.41) is 3.34. The summed E-state index contributed by atoms with van der Waals surface area (Å²) in [6, 6.07) is 2.18. The second kappa shape index (κ2) is 5.33. The Balaban J connectivity index is 1.76. The maximum Gasteiger partial charge on any atom is 0.341 e. The molecule has 1 heterocycles. The molecule has 1 saturated carbocycles. The van der Waals surface area contributed by atoms with Gasteiger partial charge >= 0.3 is 5.97 Å². The highest BCUT2D eigenvalue weighted by atomic mass is 16.5. The number of hydrogen-bond acceptors (Lipinski definition) is 5. The lowest BCUT2D eigenvalue weighted by Crippen LogP contribution is -2.44. The molecule has 5 heteroatoms. The van der Waals surface area contributed by atoms with E-state index in [0.717, 1.165) is 18.6 Å². The van der Waals surface area contributed by atoms with Crippen molar-refractivity contribution in [2.24, 2.45) is 0 Å². The number of furan rings is 1. The minimum absolute atomic E-state index is 0.372. The third kappa shape index (κ3) is 2.87. The Kier molecular flexibility index (Phi) is 3.81. The number of methoxy groups -OCH3 is 2. The van der Waals surface area contributed by atoms with Gasteiger partial charge in [0.05, 0.1) is 25.3 Å². The maximum atomic E-state index is 11.2. The van der Waals surface area contributed by atoms with Crippen LogP contribution in [0.3, 0.4) is 0 Å². The van der Waals surface area contributed by atoms with Crippen LogP contribution in [0.2, 0.25) is 0 Å². The van der Waals surface area contributed by atoms with Crippen LogP contribution in [-0.4, -0.2) is 32.3 Å². The van der Waals surface area contributed by atoms with Crippen molar-refractivity contribution < 1.29 is 18.7 Å². The van der Waals surface area contributed by atoms with Crippen molar-refractivity contribution in [2.45, 2.75) is 31.5 Å². The Morgan fingerprint density at radius 1 is 1.53 bits per heavy atom. The molecule has 0 aliphatic heterocycles. The number of nitrogens with one attached hydrogen (secondary N) is 1. The SMILES string of the molecule is COC(=O)c1coc(CNC2CC(OC)C2)c1. The molecule has 0 amide bonds. The molecule has 1 aliphatic rings. The fourth-order valence-electron chi connectivity index (χ4n) is 1.87. The first kappa shape index (κ1) is 12.1. The third-order valence-corrected chi connectivity index (χ3v) is 3.07. The molecule has 0 bridgehead atoms. The van der Waals surface area contributed by atoms with Crippen molar-refractivity contribution in [3.05, 3.63) is 23.7 Å². The Morgan fingerprint density at radius 2 is 2.29 bits per heavy atom. The molecule has 1 aromatic rings. The summed E-state index contributed by atoms with van der Waals surface area (Å²) in [4.78, 5) is 11.2. The lowest BCUT2D eigenvalue weighted by Gasteiger charge is -2.34. The Bertz CT molecular complexity index is 382. The van der Waals surface area contributed by atoms with Gasteiger partial charge in [-0.25, -0.2) is 4.79 Å². The topological polar surface area (TPSA) is 60.7 Å². The van der Waals surface area contributed by atoms with Crippen molar-refractivity contribution in [1.82, 2.24) is 5.32 Å². The Morgan fingerprint density at radius 3 is 2.94 bits per heavy atom. The molecule has 1 aromatic heterocycles. The molecule has 17 heavy (non-hydrogen) atoms. The van der Waals surface area contributed by atoms with Gasteiger partial charge in [-0.15, -0.1) is 0 Å². The summed E-state index contributed by atoms with van der Waals surface area (Å²) in [5.74, 6) is 0.370. The van der Waals surface area contributed by atoms with Gasteiger partial charge in [-0.3, -0.25) is 0 Å². The van der Waals surface area contributed by atoms with Crippen LogP contribution >= 0.6 is 0 Å². The van der Waals surface area contributed by atoms with E-state index >= 15 is 0 Å². The molecule has 1 aliphatic carbocycles. The van der Waals surface area contributed by atoms with Gasteiger partial charge in [-0.1, -0.05) is 0 Å². The van der Waals surface area contributed by atoms with E-state index in [1.54, 1.807) is 13.2 Å². The van der Waals surface area contributed by atoms with E-state index in [0.29, 0.717) is 24.3 Å². The van der Waals surface area contributed by atoms with E-state index in [2.05, 4.69) is 10.1 Å². The molecular formula is C12H17NO4. The number of esters is 1. The fourth-order valence-corrected chi connectivity index (χ4v) is 1.87. The van der Waals surface area contributed by atoms with Crippen LogP contribution in [0.25, 0.3) is 0 Å². The summed E-state index contributed by atoms with van der Waals surface area (Å²) in [6.07, 6.45) is 3.86. The summed E-state index contributed by atoms with van der Waals surface area (Å²) >= 11 is 0. The molecular weight excluding hydrogens is 222 g/mol. The summed E-state index contributed by atoms with van der Waals surface area (Å²) < 4.78 is 15.1. The zero-order chi connectivity index (χ0) is 12.3. The van der Waals surface area contributed by atoms with Gasteiger partial charge in [-0.05, 0) is 18.9 Å². The van der Waals surface area contributed by atoms with Gasteiger partial charge in [0, 0.05) is 13.2 Å². The van der Waals surface area contributed by atoms with Crippen LogP contribution < -0.4 is 5.32 Å². The third-order valence-electron chi connectivity index (χ3n) is 3.07. The van der Waals surface area contributed by atoms with Crippen LogP contribution in [0.4, 0.5) is 0 Å². The zero-order valence-corrected chi connectivity index (χ0v) is 10.1. The minimum atomic E-state index is -0.372. The molecule has 0 aromatic carbocycles. The smallest absolute Gasteiger partial charge is 0.341 e. The van der Waals surface area contributed by atoms with Gasteiger partial charge in [0.2, 0.25) is 0 Å². The van der Waals surface area contributed by atoms with E-state index in [1.807, 2.05) is 0 Å². The normalized spacial score (nSPS) is 23.2. The highest BCUT2D eigenvalue weighted by Gasteiger charge is 2.28. The lowest BCUT2D eigenvalue weighted by atomic mass is 9.89. The molecule has 2 rings (SSSR count). The van der Waals surface area contributed by atoms with Crippen molar-refractivity contribution in [1.29, 1.82) is 0 Å². The highest BCUT2D eigenvalue weighted by Crippen LogP contribution is 2.23. The van der Waals surface area contributed by atoms with Gasteiger partial charge in [-0.2, -0.15) is 0 Å². The van der Waals surface area contributed by atoms with Gasteiger partial charge in [0.1, 0.15) is 12.0 Å². The first-order valence-corrected chi connectivity index (χ1v) is 5.65. The quantitative estimate of drug-likeness (QED) is 0.785. The first-order valence-electron chi connectivity index (χ1n) is 5.65. The standard InChI is InChI=1S/C12H17NO4/c1-15-10-4-9(5-10)13-6-11-3-8(7-17-11)12(14)16-2/h3,7,9-10,13H,4-6H2,1-2H3. The average molecular weight is 239 g/mol. The second-order valence-electron chi connectivity index (χ2n) is 4.20. The molecule has 1 fully saturated rings. The number of rotatable bonds is 5. The van der Waals surface area contributed by atoms with E-state index in [4.69, 9.17) is 9.15 Å². The van der Waals surface area contributed by atoms with E-state index in [1.165, 1.54) is 13.4 Å². The van der Waals surface area contributed by atoms with Crippen LogP contribution in [-0.2, 0) is 16.0 Å². The molecule has 5 nitrogen and oxygen atoms in total. The van der Waals surface area contributed by atoms with Gasteiger partial charge in [0.25, 0.3) is 0 Å². The summed E-state index contributed by atoms with van der Waals surface area (Å²) in [6.45, 7) is 0.623. The largest absolute Gasteiger partial charge is 0.467 e. The zero-order valence-electron chi connectivity index (χ0n) is 10.1. The number of ether oxygens (including phenoxy) is 2. The number of carbonyl (C=O) groups excluding carboxylic acids is 1. The highest BCUT2D eigenvalue weighted by molar-refractivity contribution is 5.88. The van der Waals surface area contributed by atoms with Crippen molar-refractivity contribution in [3.8, 4) is 0 Å². The first-order chi connectivity index (χ1) is 8.22. The predicted octanol–water partition coefficient (Wildman–Crippen LogP) is 1.33. The van der Waals surface area contributed by atoms with Crippen LogP contribution in [0, 0.1) is 0 Å². The molecule has 0 atom stereocenters. The van der Waals surface area contributed by atoms with Crippen molar-refractivity contribution >= 4 is 5.97 Å². The predicted molar refractivity (Wildman–Crippen MR) is 60.7 cm³/mol. The van der Waals surface area contributed by atoms with Crippen LogP contribution in [0.1, 0.15) is 29.0 Å². The molecule has 1 N–H and O–H groups in total. The van der Waals surface area contributed by atoms with Crippen molar-refractivity contribution in [3.63, 3.8) is 0 Å². The van der Waals surface area contributed by atoms with Gasteiger partial charge in [0.15, 0.2) is 0 Å². The van der Waals surface area contributed by atoms with Crippen molar-refractivity contribution in [2.75, 3.05) is 14.2 Å². The maximum absolute atomic E-state index is 11.2. The second-order valence-corrected chi connectivity index (χ2v) is 4.20. The Labute approximate surface area is 100 Å².